The van der Waals surface area contributed by atoms with Gasteiger partial charge in [-0.05, 0) is 26.0 Å². The van der Waals surface area contributed by atoms with E-state index in [0.717, 1.165) is 16.6 Å². The van der Waals surface area contributed by atoms with Crippen molar-refractivity contribution in [2.45, 2.75) is 19.9 Å². The van der Waals surface area contributed by atoms with Crippen LogP contribution in [0.1, 0.15) is 19.4 Å². The Morgan fingerprint density at radius 3 is 2.52 bits per heavy atom. The number of carbonyl (C=O) groups excluding carboxylic acids is 1. The molecule has 152 valence electrons. The maximum atomic E-state index is 13.3. The second-order valence-electron chi connectivity index (χ2n) is 7.39. The Bertz CT molecular complexity index is 1080. The largest absolute Gasteiger partial charge is 0.378 e. The smallest absolute Gasteiger partial charge is 0.266 e. The quantitative estimate of drug-likeness (QED) is 0.552. The van der Waals surface area contributed by atoms with Gasteiger partial charge in [-0.15, -0.1) is 0 Å². The number of aromatic nitrogens is 1. The number of amides is 1. The van der Waals surface area contributed by atoms with Gasteiger partial charge in [-0.2, -0.15) is 0 Å². The molecule has 0 atom stereocenters. The second-order valence-corrected chi connectivity index (χ2v) is 9.06. The highest BCUT2D eigenvalue weighted by Gasteiger charge is 2.34. The number of hydrogen-bond donors (Lipinski definition) is 0. The third-order valence-corrected chi connectivity index (χ3v) is 6.58. The number of rotatable bonds is 3. The standard InChI is InChI=1S/C21H23N3O3S2/c1-13(2)24-20(26)17(29-21(24)28)12-15-18(23-8-10-27-11-9-23)14-6-4-5-7-16(14)22(3)19(15)25/h4-7,12-13H,8-11H2,1-3H3. The van der Waals surface area contributed by atoms with E-state index in [1.807, 2.05) is 38.1 Å². The van der Waals surface area contributed by atoms with Gasteiger partial charge in [0.05, 0.1) is 34.9 Å². The lowest BCUT2D eigenvalue weighted by Gasteiger charge is -2.31. The molecule has 2 fully saturated rings. The molecule has 2 saturated heterocycles. The summed E-state index contributed by atoms with van der Waals surface area (Å²) >= 11 is 6.66. The average molecular weight is 430 g/mol. The molecule has 0 unspecified atom stereocenters. The summed E-state index contributed by atoms with van der Waals surface area (Å²) < 4.78 is 7.69. The lowest BCUT2D eigenvalue weighted by molar-refractivity contribution is -0.123. The predicted octanol–water partition coefficient (Wildman–Crippen LogP) is 2.98. The Morgan fingerprint density at radius 2 is 1.86 bits per heavy atom. The van der Waals surface area contributed by atoms with Gasteiger partial charge in [0.25, 0.3) is 11.5 Å². The number of para-hydroxylation sites is 1. The van der Waals surface area contributed by atoms with Gasteiger partial charge in [0.15, 0.2) is 0 Å². The molecule has 6 nitrogen and oxygen atoms in total. The van der Waals surface area contributed by atoms with E-state index in [9.17, 15) is 9.59 Å². The van der Waals surface area contributed by atoms with Gasteiger partial charge in [0, 0.05) is 31.6 Å². The molecule has 4 rings (SSSR count). The third-order valence-electron chi connectivity index (χ3n) is 5.25. The molecule has 0 spiro atoms. The molecule has 8 heteroatoms. The molecule has 2 aliphatic rings. The van der Waals surface area contributed by atoms with Crippen molar-refractivity contribution < 1.29 is 9.53 Å². The Morgan fingerprint density at radius 1 is 1.17 bits per heavy atom. The zero-order valence-electron chi connectivity index (χ0n) is 16.7. The third kappa shape index (κ3) is 3.49. The van der Waals surface area contributed by atoms with Crippen LogP contribution in [0, 0.1) is 0 Å². The minimum Gasteiger partial charge on any atom is -0.378 e. The summed E-state index contributed by atoms with van der Waals surface area (Å²) in [5.74, 6) is -0.141. The molecule has 0 saturated carbocycles. The summed E-state index contributed by atoms with van der Waals surface area (Å²) in [7, 11) is 1.77. The number of fused-ring (bicyclic) bond motifs is 1. The first kappa shape index (κ1) is 20.1. The van der Waals surface area contributed by atoms with E-state index in [1.165, 1.54) is 11.8 Å². The van der Waals surface area contributed by atoms with E-state index in [4.69, 9.17) is 17.0 Å². The first-order valence-corrected chi connectivity index (χ1v) is 10.8. The van der Waals surface area contributed by atoms with Crippen LogP contribution >= 0.6 is 24.0 Å². The predicted molar refractivity (Wildman–Crippen MR) is 122 cm³/mol. The van der Waals surface area contributed by atoms with E-state index in [0.29, 0.717) is 41.1 Å². The Kier molecular flexibility index (Phi) is 5.50. The first-order chi connectivity index (χ1) is 13.9. The fraction of sp³-hybridized carbons (Fsp3) is 0.381. The van der Waals surface area contributed by atoms with Crippen molar-refractivity contribution >= 4 is 56.9 Å². The highest BCUT2D eigenvalue weighted by Crippen LogP contribution is 2.36. The molecule has 2 aliphatic heterocycles. The SMILES string of the molecule is CC(C)N1C(=O)C(=Cc2c(N3CCOCC3)c3ccccc3n(C)c2=O)SC1=S. The van der Waals surface area contributed by atoms with Crippen LogP contribution in [0.2, 0.25) is 0 Å². The lowest BCUT2D eigenvalue weighted by atomic mass is 10.1. The summed E-state index contributed by atoms with van der Waals surface area (Å²) in [4.78, 5) is 30.5. The van der Waals surface area contributed by atoms with Gasteiger partial charge in [-0.1, -0.05) is 42.2 Å². The van der Waals surface area contributed by atoms with Crippen molar-refractivity contribution in [3.63, 3.8) is 0 Å². The fourth-order valence-corrected chi connectivity index (χ4v) is 5.32. The van der Waals surface area contributed by atoms with Gasteiger partial charge in [0.1, 0.15) is 4.32 Å². The Hall–Kier alpha value is -2.16. The van der Waals surface area contributed by atoms with Crippen molar-refractivity contribution in [1.29, 1.82) is 0 Å². The van der Waals surface area contributed by atoms with Crippen LogP contribution in [0.3, 0.4) is 0 Å². The number of thiocarbonyl (C=S) groups is 1. The van der Waals surface area contributed by atoms with Crippen LogP contribution in [-0.2, 0) is 16.6 Å². The van der Waals surface area contributed by atoms with Crippen LogP contribution in [-0.4, -0.2) is 52.0 Å². The van der Waals surface area contributed by atoms with E-state index in [1.54, 1.807) is 22.6 Å². The van der Waals surface area contributed by atoms with Gasteiger partial charge in [0.2, 0.25) is 0 Å². The number of morpholine rings is 1. The molecule has 0 bridgehead atoms. The van der Waals surface area contributed by atoms with Gasteiger partial charge in [-0.25, -0.2) is 0 Å². The number of nitrogens with zero attached hydrogens (tertiary/aromatic N) is 3. The number of pyridine rings is 1. The Balaban J connectivity index is 1.94. The molecule has 1 amide bonds. The molecule has 2 aromatic rings. The zero-order valence-corrected chi connectivity index (χ0v) is 18.3. The van der Waals surface area contributed by atoms with Crippen molar-refractivity contribution in [3.05, 3.63) is 45.1 Å². The van der Waals surface area contributed by atoms with E-state index in [2.05, 4.69) is 4.90 Å². The van der Waals surface area contributed by atoms with Gasteiger partial charge < -0.3 is 14.2 Å². The molecule has 0 aliphatic carbocycles. The number of benzene rings is 1. The summed E-state index contributed by atoms with van der Waals surface area (Å²) in [5, 5.41) is 0.988. The minimum atomic E-state index is -0.141. The van der Waals surface area contributed by atoms with Crippen LogP contribution in [0.5, 0.6) is 0 Å². The highest BCUT2D eigenvalue weighted by atomic mass is 32.2. The number of aryl methyl sites for hydroxylation is 1. The summed E-state index contributed by atoms with van der Waals surface area (Å²) in [6, 6.07) is 7.85. The zero-order chi connectivity index (χ0) is 20.7. The number of carbonyl (C=O) groups is 1. The normalized spacial score (nSPS) is 19.2. The van der Waals surface area contributed by atoms with Crippen molar-refractivity contribution in [2.24, 2.45) is 7.05 Å². The number of thioether (sulfide) groups is 1. The molecule has 3 heterocycles. The second kappa shape index (κ2) is 7.93. The highest BCUT2D eigenvalue weighted by molar-refractivity contribution is 8.26. The Labute approximate surface area is 179 Å². The average Bonchev–Trinajstić information content (AvgIpc) is 3.00. The summed E-state index contributed by atoms with van der Waals surface area (Å²) in [6.45, 7) is 6.48. The molecular formula is C21H23N3O3S2. The molecular weight excluding hydrogens is 406 g/mol. The van der Waals surface area contributed by atoms with E-state index < -0.39 is 0 Å². The molecule has 1 aromatic carbocycles. The van der Waals surface area contributed by atoms with Crippen LogP contribution in [0.15, 0.2) is 34.0 Å². The number of anilines is 1. The van der Waals surface area contributed by atoms with Crippen LogP contribution in [0.4, 0.5) is 5.69 Å². The van der Waals surface area contributed by atoms with Gasteiger partial charge in [-0.3, -0.25) is 14.5 Å². The van der Waals surface area contributed by atoms with Crippen molar-refractivity contribution in [3.8, 4) is 0 Å². The number of hydrogen-bond acceptors (Lipinski definition) is 6. The maximum Gasteiger partial charge on any atom is 0.266 e. The minimum absolute atomic E-state index is 0.0217. The van der Waals surface area contributed by atoms with E-state index in [-0.39, 0.29) is 17.5 Å². The maximum absolute atomic E-state index is 13.3. The van der Waals surface area contributed by atoms with Gasteiger partial charge >= 0.3 is 0 Å². The monoisotopic (exact) mass is 429 g/mol. The molecule has 1 aromatic heterocycles. The first-order valence-electron chi connectivity index (χ1n) is 9.61. The van der Waals surface area contributed by atoms with Crippen molar-refractivity contribution in [2.75, 3.05) is 31.2 Å². The summed E-state index contributed by atoms with van der Waals surface area (Å²) in [6.07, 6.45) is 1.72. The molecule has 29 heavy (non-hydrogen) atoms. The van der Waals surface area contributed by atoms with E-state index >= 15 is 0 Å². The fourth-order valence-electron chi connectivity index (χ4n) is 3.82. The summed E-state index contributed by atoms with van der Waals surface area (Å²) in [5.41, 5.74) is 2.13. The number of ether oxygens (including phenoxy) is 1. The molecule has 0 N–H and O–H groups in total. The topological polar surface area (TPSA) is 54.8 Å². The lowest BCUT2D eigenvalue weighted by Crippen LogP contribution is -2.38. The van der Waals surface area contributed by atoms with Crippen molar-refractivity contribution in [1.82, 2.24) is 9.47 Å². The van der Waals surface area contributed by atoms with Crippen LogP contribution < -0.4 is 10.5 Å². The molecule has 0 radical (unpaired) electrons. The van der Waals surface area contributed by atoms with Crippen LogP contribution in [0.25, 0.3) is 17.0 Å².